The molecule has 21 heavy (non-hydrogen) atoms. The molecule has 0 saturated carbocycles. The lowest BCUT2D eigenvalue weighted by atomic mass is 10.1. The van der Waals surface area contributed by atoms with Crippen LogP contribution in [0.1, 0.15) is 36.0 Å². The number of nitrogens with two attached hydrogens (primary N) is 1. The summed E-state index contributed by atoms with van der Waals surface area (Å²) in [4.78, 5) is 32.1. The number of hydrogen-bond donors (Lipinski definition) is 2. The smallest absolute Gasteiger partial charge is 0.270 e. The molecule has 0 aliphatic carbocycles. The molecule has 0 bridgehead atoms. The molecule has 7 nitrogen and oxygen atoms in total. The molecule has 3 N–H and O–H groups in total. The molecule has 1 aromatic rings. The molecule has 0 spiro atoms. The summed E-state index contributed by atoms with van der Waals surface area (Å²) >= 11 is 0. The Hall–Kier alpha value is -2.51. The first-order valence-electron chi connectivity index (χ1n) is 6.42. The Morgan fingerprint density at radius 1 is 1.29 bits per heavy atom. The van der Waals surface area contributed by atoms with Crippen LogP contribution in [-0.2, 0) is 4.79 Å². The second-order valence-electron chi connectivity index (χ2n) is 4.45. The van der Waals surface area contributed by atoms with Crippen LogP contribution < -0.4 is 11.1 Å². The second kappa shape index (κ2) is 7.93. The Kier molecular flexibility index (Phi) is 6.25. The van der Waals surface area contributed by atoms with Gasteiger partial charge in [0.25, 0.3) is 11.6 Å². The average Bonchev–Trinajstić information content (AvgIpc) is 2.42. The first-order valence-corrected chi connectivity index (χ1v) is 6.42. The van der Waals surface area contributed by atoms with Crippen molar-refractivity contribution in [1.82, 2.24) is 5.32 Å². The van der Waals surface area contributed by atoms with Crippen LogP contribution in [0.5, 0.6) is 0 Å². The lowest BCUT2D eigenvalue weighted by Crippen LogP contribution is -2.25. The molecule has 0 aliphatic heterocycles. The molecule has 2 amide bonds. The predicted octanol–water partition coefficient (Wildman–Crippen LogP) is 1.51. The number of non-ortho nitro benzene ring substituents is 1. The normalized spacial score (nSPS) is 10.1. The number of benzene rings is 1. The van der Waals surface area contributed by atoms with Crippen molar-refractivity contribution in [3.8, 4) is 0 Å². The van der Waals surface area contributed by atoms with E-state index in [0.29, 0.717) is 25.8 Å². The fourth-order valence-electron chi connectivity index (χ4n) is 1.70. The van der Waals surface area contributed by atoms with Crippen molar-refractivity contribution in [2.45, 2.75) is 25.7 Å². The molecule has 1 aromatic carbocycles. The topological polar surface area (TPSA) is 115 Å². The molecule has 114 valence electrons. The third-order valence-electron chi connectivity index (χ3n) is 2.79. The lowest BCUT2D eigenvalue weighted by molar-refractivity contribution is -0.384. The Morgan fingerprint density at radius 3 is 2.62 bits per heavy atom. The number of nitrogens with one attached hydrogen (secondary N) is 1. The number of unbranched alkanes of at least 4 members (excludes halogenated alkanes) is 2. The van der Waals surface area contributed by atoms with E-state index in [1.165, 1.54) is 0 Å². The van der Waals surface area contributed by atoms with Gasteiger partial charge in [0.2, 0.25) is 5.91 Å². The highest BCUT2D eigenvalue weighted by atomic mass is 19.1. The summed E-state index contributed by atoms with van der Waals surface area (Å²) in [6.07, 6.45) is 2.21. The van der Waals surface area contributed by atoms with E-state index in [1.54, 1.807) is 0 Å². The van der Waals surface area contributed by atoms with Crippen molar-refractivity contribution >= 4 is 17.5 Å². The van der Waals surface area contributed by atoms with E-state index in [4.69, 9.17) is 5.73 Å². The van der Waals surface area contributed by atoms with Gasteiger partial charge in [0.1, 0.15) is 5.82 Å². The number of rotatable bonds is 8. The van der Waals surface area contributed by atoms with Gasteiger partial charge in [0.05, 0.1) is 10.5 Å². The number of nitro groups is 1. The van der Waals surface area contributed by atoms with Crippen molar-refractivity contribution < 1.29 is 18.9 Å². The van der Waals surface area contributed by atoms with Gasteiger partial charge in [-0.3, -0.25) is 19.7 Å². The Bertz CT molecular complexity index is 548. The molecule has 0 aromatic heterocycles. The number of amides is 2. The summed E-state index contributed by atoms with van der Waals surface area (Å²) in [5, 5.41) is 13.1. The minimum atomic E-state index is -0.813. The van der Waals surface area contributed by atoms with Crippen LogP contribution >= 0.6 is 0 Å². The van der Waals surface area contributed by atoms with Crippen molar-refractivity contribution in [2.24, 2.45) is 5.73 Å². The van der Waals surface area contributed by atoms with Crippen LogP contribution in [0.2, 0.25) is 0 Å². The largest absolute Gasteiger partial charge is 0.370 e. The van der Waals surface area contributed by atoms with Crippen molar-refractivity contribution in [3.05, 3.63) is 39.7 Å². The first kappa shape index (κ1) is 16.5. The average molecular weight is 297 g/mol. The maximum Gasteiger partial charge on any atom is 0.270 e. The van der Waals surface area contributed by atoms with Gasteiger partial charge in [-0.25, -0.2) is 4.39 Å². The second-order valence-corrected chi connectivity index (χ2v) is 4.45. The monoisotopic (exact) mass is 297 g/mol. The van der Waals surface area contributed by atoms with Gasteiger partial charge in [0.15, 0.2) is 0 Å². The quantitative estimate of drug-likeness (QED) is 0.430. The summed E-state index contributed by atoms with van der Waals surface area (Å²) in [6.45, 7) is 0.291. The van der Waals surface area contributed by atoms with E-state index in [-0.39, 0.29) is 23.6 Å². The van der Waals surface area contributed by atoms with Crippen LogP contribution in [0.15, 0.2) is 18.2 Å². The summed E-state index contributed by atoms with van der Waals surface area (Å²) in [5.41, 5.74) is 4.28. The molecule has 0 fully saturated rings. The van der Waals surface area contributed by atoms with Crippen LogP contribution in [0.3, 0.4) is 0 Å². The molecular weight excluding hydrogens is 281 g/mol. The highest BCUT2D eigenvalue weighted by molar-refractivity contribution is 5.95. The molecule has 8 heteroatoms. The van der Waals surface area contributed by atoms with Gasteiger partial charge in [-0.05, 0) is 18.9 Å². The summed E-state index contributed by atoms with van der Waals surface area (Å²) in [7, 11) is 0. The third-order valence-corrected chi connectivity index (χ3v) is 2.79. The Morgan fingerprint density at radius 2 is 2.00 bits per heavy atom. The van der Waals surface area contributed by atoms with Crippen molar-refractivity contribution in [2.75, 3.05) is 6.54 Å². The van der Waals surface area contributed by atoms with Crippen LogP contribution in [-0.4, -0.2) is 23.3 Å². The van der Waals surface area contributed by atoms with Gasteiger partial charge in [0, 0.05) is 25.1 Å². The van der Waals surface area contributed by atoms with Crippen LogP contribution in [0, 0.1) is 15.9 Å². The fraction of sp³-hybridized carbons (Fsp3) is 0.385. The SMILES string of the molecule is NC(=O)CCCCCNC(=O)c1cc([N+](=O)[O-])ccc1F. The number of hydrogen-bond acceptors (Lipinski definition) is 4. The predicted molar refractivity (Wildman–Crippen MR) is 73.1 cm³/mol. The molecule has 1 rings (SSSR count). The van der Waals surface area contributed by atoms with Gasteiger partial charge in [-0.15, -0.1) is 0 Å². The zero-order chi connectivity index (χ0) is 15.8. The third kappa shape index (κ3) is 5.55. The number of halogens is 1. The Balaban J connectivity index is 2.47. The maximum absolute atomic E-state index is 13.5. The van der Waals surface area contributed by atoms with Gasteiger partial charge >= 0.3 is 0 Å². The van der Waals surface area contributed by atoms with E-state index in [0.717, 1.165) is 18.2 Å². The zero-order valence-electron chi connectivity index (χ0n) is 11.3. The zero-order valence-corrected chi connectivity index (χ0v) is 11.3. The molecule has 0 aliphatic rings. The summed E-state index contributed by atoms with van der Waals surface area (Å²) in [6, 6.07) is 2.79. The number of nitro benzene ring substituents is 1. The molecule has 0 unspecified atom stereocenters. The number of carbonyl (C=O) groups excluding carboxylic acids is 2. The van der Waals surface area contributed by atoms with Crippen LogP contribution in [0.4, 0.5) is 10.1 Å². The standard InChI is InChI=1S/C13H16FN3O4/c14-11-6-5-9(17(20)21)8-10(11)13(19)16-7-3-1-2-4-12(15)18/h5-6,8H,1-4,7H2,(H2,15,18)(H,16,19). The fourth-order valence-corrected chi connectivity index (χ4v) is 1.70. The summed E-state index contributed by atoms with van der Waals surface area (Å²) in [5.74, 6) is -1.89. The molecule has 0 saturated heterocycles. The molecule has 0 radical (unpaired) electrons. The van der Waals surface area contributed by atoms with E-state index in [9.17, 15) is 24.1 Å². The van der Waals surface area contributed by atoms with Crippen molar-refractivity contribution in [1.29, 1.82) is 0 Å². The van der Waals surface area contributed by atoms with E-state index in [1.807, 2.05) is 0 Å². The van der Waals surface area contributed by atoms with Gasteiger partial charge < -0.3 is 11.1 Å². The number of primary amides is 1. The highest BCUT2D eigenvalue weighted by Gasteiger charge is 2.16. The Labute approximate surface area is 120 Å². The van der Waals surface area contributed by atoms with Gasteiger partial charge in [-0.1, -0.05) is 6.42 Å². The maximum atomic E-state index is 13.5. The number of carbonyl (C=O) groups is 2. The van der Waals surface area contributed by atoms with Gasteiger partial charge in [-0.2, -0.15) is 0 Å². The lowest BCUT2D eigenvalue weighted by Gasteiger charge is -2.06. The van der Waals surface area contributed by atoms with Crippen LogP contribution in [0.25, 0.3) is 0 Å². The molecule has 0 heterocycles. The first-order chi connectivity index (χ1) is 9.91. The van der Waals surface area contributed by atoms with E-state index in [2.05, 4.69) is 5.32 Å². The van der Waals surface area contributed by atoms with E-state index < -0.39 is 16.6 Å². The number of nitrogens with zero attached hydrogens (tertiary/aromatic N) is 1. The minimum Gasteiger partial charge on any atom is -0.370 e. The van der Waals surface area contributed by atoms with Crippen molar-refractivity contribution in [3.63, 3.8) is 0 Å². The molecular formula is C13H16FN3O4. The minimum absolute atomic E-state index is 0.285. The van der Waals surface area contributed by atoms with E-state index >= 15 is 0 Å². The summed E-state index contributed by atoms with van der Waals surface area (Å²) < 4.78 is 13.5. The molecule has 0 atom stereocenters. The highest BCUT2D eigenvalue weighted by Crippen LogP contribution is 2.16.